The van der Waals surface area contributed by atoms with E-state index in [1.54, 1.807) is 24.5 Å². The Morgan fingerprint density at radius 1 is 1.07 bits per heavy atom. The average molecular weight is 440 g/mol. The molecule has 30 heavy (non-hydrogen) atoms. The zero-order valence-electron chi connectivity index (χ0n) is 15.5. The predicted molar refractivity (Wildman–Crippen MR) is 115 cm³/mol. The Hall–Kier alpha value is -3.23. The highest BCUT2D eigenvalue weighted by molar-refractivity contribution is 7.99. The third-order valence-corrected chi connectivity index (χ3v) is 5.28. The molecule has 0 atom stereocenters. The molecule has 0 saturated carbocycles. The molecule has 0 aliphatic carbocycles. The zero-order chi connectivity index (χ0) is 20.9. The maximum absolute atomic E-state index is 13.0. The first-order valence-corrected chi connectivity index (χ1v) is 10.3. The molecule has 0 aliphatic rings. The molecule has 2 aromatic heterocycles. The number of halogens is 2. The van der Waals surface area contributed by atoms with Gasteiger partial charge in [-0.3, -0.25) is 14.3 Å². The Morgan fingerprint density at radius 3 is 2.53 bits per heavy atom. The molecule has 1 amide bonds. The lowest BCUT2D eigenvalue weighted by atomic mass is 10.2. The van der Waals surface area contributed by atoms with E-state index >= 15 is 0 Å². The van der Waals surface area contributed by atoms with Gasteiger partial charge in [-0.1, -0.05) is 23.4 Å². The van der Waals surface area contributed by atoms with Gasteiger partial charge in [-0.15, -0.1) is 10.2 Å². The molecule has 4 rings (SSSR count). The second-order valence-electron chi connectivity index (χ2n) is 6.20. The van der Waals surface area contributed by atoms with Gasteiger partial charge in [0, 0.05) is 34.4 Å². The SMILES string of the molecule is O=C(CSc1nnc(-c2cccnc2)n1-c1ccc(Cl)cc1)Nc1ccc(F)cc1. The van der Waals surface area contributed by atoms with Gasteiger partial charge in [-0.05, 0) is 60.7 Å². The highest BCUT2D eigenvalue weighted by Crippen LogP contribution is 2.28. The number of pyridine rings is 1. The summed E-state index contributed by atoms with van der Waals surface area (Å²) in [6.45, 7) is 0. The van der Waals surface area contributed by atoms with Crippen molar-refractivity contribution in [3.05, 3.63) is 83.9 Å². The summed E-state index contributed by atoms with van der Waals surface area (Å²) in [4.78, 5) is 16.5. The first-order valence-electron chi connectivity index (χ1n) is 8.90. The highest BCUT2D eigenvalue weighted by Gasteiger charge is 2.17. The molecule has 9 heteroatoms. The van der Waals surface area contributed by atoms with E-state index in [0.29, 0.717) is 21.7 Å². The smallest absolute Gasteiger partial charge is 0.234 e. The van der Waals surface area contributed by atoms with Crippen LogP contribution in [0.1, 0.15) is 0 Å². The molecule has 0 saturated heterocycles. The molecule has 0 fully saturated rings. The summed E-state index contributed by atoms with van der Waals surface area (Å²) in [7, 11) is 0. The summed E-state index contributed by atoms with van der Waals surface area (Å²) in [6, 6.07) is 16.6. The van der Waals surface area contributed by atoms with Crippen molar-refractivity contribution < 1.29 is 9.18 Å². The highest BCUT2D eigenvalue weighted by atomic mass is 35.5. The van der Waals surface area contributed by atoms with Gasteiger partial charge in [0.2, 0.25) is 5.91 Å². The lowest BCUT2D eigenvalue weighted by Crippen LogP contribution is -2.14. The summed E-state index contributed by atoms with van der Waals surface area (Å²) in [6.07, 6.45) is 3.38. The van der Waals surface area contributed by atoms with Crippen molar-refractivity contribution in [2.24, 2.45) is 0 Å². The molecule has 150 valence electrons. The van der Waals surface area contributed by atoms with Crippen LogP contribution in [-0.4, -0.2) is 31.4 Å². The maximum Gasteiger partial charge on any atom is 0.234 e. The number of anilines is 1. The standard InChI is InChI=1S/C21H15ClFN5OS/c22-15-3-9-18(10-4-15)28-20(14-2-1-11-24-12-14)26-27-21(28)30-13-19(29)25-17-7-5-16(23)6-8-17/h1-12H,13H2,(H,25,29). The third kappa shape index (κ3) is 4.67. The lowest BCUT2D eigenvalue weighted by Gasteiger charge is -2.10. The molecule has 0 unspecified atom stereocenters. The maximum atomic E-state index is 13.0. The van der Waals surface area contributed by atoms with Crippen molar-refractivity contribution in [2.75, 3.05) is 11.1 Å². The lowest BCUT2D eigenvalue weighted by molar-refractivity contribution is -0.113. The van der Waals surface area contributed by atoms with Crippen molar-refractivity contribution >= 4 is 35.0 Å². The van der Waals surface area contributed by atoms with Crippen molar-refractivity contribution in [3.63, 3.8) is 0 Å². The van der Waals surface area contributed by atoms with Gasteiger partial charge in [0.05, 0.1) is 5.75 Å². The van der Waals surface area contributed by atoms with E-state index < -0.39 is 0 Å². The van der Waals surface area contributed by atoms with Crippen LogP contribution in [0.2, 0.25) is 5.02 Å². The van der Waals surface area contributed by atoms with Gasteiger partial charge in [0.15, 0.2) is 11.0 Å². The van der Waals surface area contributed by atoms with Crippen LogP contribution in [-0.2, 0) is 4.79 Å². The number of benzene rings is 2. The first kappa shape index (κ1) is 20.1. The monoisotopic (exact) mass is 439 g/mol. The molecule has 2 heterocycles. The van der Waals surface area contributed by atoms with Crippen LogP contribution < -0.4 is 5.32 Å². The topological polar surface area (TPSA) is 72.7 Å². The fraction of sp³-hybridized carbons (Fsp3) is 0.0476. The van der Waals surface area contributed by atoms with Gasteiger partial charge < -0.3 is 5.32 Å². The Morgan fingerprint density at radius 2 is 1.83 bits per heavy atom. The number of hydrogen-bond acceptors (Lipinski definition) is 5. The molecular weight excluding hydrogens is 425 g/mol. The number of carbonyl (C=O) groups is 1. The summed E-state index contributed by atoms with van der Waals surface area (Å²) in [5.74, 6) is 0.115. The number of hydrogen-bond donors (Lipinski definition) is 1. The van der Waals surface area contributed by atoms with E-state index in [1.807, 2.05) is 28.8 Å². The van der Waals surface area contributed by atoms with Crippen molar-refractivity contribution in [2.45, 2.75) is 5.16 Å². The number of thioether (sulfide) groups is 1. The molecule has 1 N–H and O–H groups in total. The molecule has 0 spiro atoms. The normalized spacial score (nSPS) is 10.7. The summed E-state index contributed by atoms with van der Waals surface area (Å²) in [5.41, 5.74) is 2.13. The minimum atomic E-state index is -0.360. The van der Waals surface area contributed by atoms with E-state index in [2.05, 4.69) is 20.5 Å². The molecule has 4 aromatic rings. The van der Waals surface area contributed by atoms with Gasteiger partial charge in [0.1, 0.15) is 5.82 Å². The second kappa shape index (κ2) is 9.06. The molecule has 0 bridgehead atoms. The number of aromatic nitrogens is 4. The minimum Gasteiger partial charge on any atom is -0.325 e. The Bertz CT molecular complexity index is 1150. The van der Waals surface area contributed by atoms with Crippen LogP contribution in [0.4, 0.5) is 10.1 Å². The average Bonchev–Trinajstić information content (AvgIpc) is 3.19. The minimum absolute atomic E-state index is 0.107. The van der Waals surface area contributed by atoms with Crippen LogP contribution >= 0.6 is 23.4 Å². The van der Waals surface area contributed by atoms with E-state index in [1.165, 1.54) is 36.0 Å². The molecule has 0 aliphatic heterocycles. The first-order chi connectivity index (χ1) is 14.6. The summed E-state index contributed by atoms with van der Waals surface area (Å²) in [5, 5.41) is 12.5. The van der Waals surface area contributed by atoms with Gasteiger partial charge >= 0.3 is 0 Å². The van der Waals surface area contributed by atoms with Crippen LogP contribution in [0.15, 0.2) is 78.2 Å². The number of amides is 1. The fourth-order valence-electron chi connectivity index (χ4n) is 2.73. The molecule has 2 aromatic carbocycles. The second-order valence-corrected chi connectivity index (χ2v) is 7.58. The predicted octanol–water partition coefficient (Wildman–Crippen LogP) is 4.85. The van der Waals surface area contributed by atoms with Crippen LogP contribution in [0.5, 0.6) is 0 Å². The van der Waals surface area contributed by atoms with E-state index in [-0.39, 0.29) is 17.5 Å². The number of rotatable bonds is 6. The van der Waals surface area contributed by atoms with E-state index in [4.69, 9.17) is 11.6 Å². The Kier molecular flexibility index (Phi) is 6.06. The molecular formula is C21H15ClFN5OS. The number of nitrogens with zero attached hydrogens (tertiary/aromatic N) is 4. The molecule has 6 nitrogen and oxygen atoms in total. The van der Waals surface area contributed by atoms with E-state index in [0.717, 1.165) is 11.3 Å². The van der Waals surface area contributed by atoms with E-state index in [9.17, 15) is 9.18 Å². The summed E-state index contributed by atoms with van der Waals surface area (Å²) < 4.78 is 14.9. The summed E-state index contributed by atoms with van der Waals surface area (Å²) >= 11 is 7.27. The van der Waals surface area contributed by atoms with Crippen molar-refractivity contribution in [3.8, 4) is 17.1 Å². The largest absolute Gasteiger partial charge is 0.325 e. The Labute approximate surface area is 181 Å². The molecule has 0 radical (unpaired) electrons. The van der Waals surface area contributed by atoms with Crippen LogP contribution in [0, 0.1) is 5.82 Å². The van der Waals surface area contributed by atoms with Crippen molar-refractivity contribution in [1.82, 2.24) is 19.7 Å². The van der Waals surface area contributed by atoms with Gasteiger partial charge in [0.25, 0.3) is 0 Å². The van der Waals surface area contributed by atoms with Crippen molar-refractivity contribution in [1.29, 1.82) is 0 Å². The van der Waals surface area contributed by atoms with Gasteiger partial charge in [-0.25, -0.2) is 4.39 Å². The number of carbonyl (C=O) groups excluding carboxylic acids is 1. The number of nitrogens with one attached hydrogen (secondary N) is 1. The quantitative estimate of drug-likeness (QED) is 0.435. The van der Waals surface area contributed by atoms with Gasteiger partial charge in [-0.2, -0.15) is 0 Å². The third-order valence-electron chi connectivity index (χ3n) is 4.10. The van der Waals surface area contributed by atoms with Crippen LogP contribution in [0.25, 0.3) is 17.1 Å². The Balaban J connectivity index is 1.58. The fourth-order valence-corrected chi connectivity index (χ4v) is 3.61. The van der Waals surface area contributed by atoms with Crippen LogP contribution in [0.3, 0.4) is 0 Å². The zero-order valence-corrected chi connectivity index (χ0v) is 17.1.